The van der Waals surface area contributed by atoms with E-state index < -0.39 is 0 Å². The van der Waals surface area contributed by atoms with E-state index in [1.54, 1.807) is 7.11 Å². The fourth-order valence-electron chi connectivity index (χ4n) is 1.35. The third-order valence-corrected chi connectivity index (χ3v) is 3.40. The minimum absolute atomic E-state index is 0.0445. The lowest BCUT2D eigenvalue weighted by molar-refractivity contribution is -0.116. The number of halogens is 2. The van der Waals surface area contributed by atoms with Crippen molar-refractivity contribution in [3.8, 4) is 5.75 Å². The molecule has 0 aliphatic carbocycles. The summed E-state index contributed by atoms with van der Waals surface area (Å²) < 4.78 is 5.95. The van der Waals surface area contributed by atoms with Crippen molar-refractivity contribution in [2.45, 2.75) is 19.3 Å². The molecule has 0 atom stereocenters. The topological polar surface area (TPSA) is 38.3 Å². The average Bonchev–Trinajstić information content (AvgIpc) is 2.29. The zero-order chi connectivity index (χ0) is 12.7. The van der Waals surface area contributed by atoms with Gasteiger partial charge in [0.05, 0.1) is 11.6 Å². The van der Waals surface area contributed by atoms with Crippen LogP contribution in [0.5, 0.6) is 5.75 Å². The van der Waals surface area contributed by atoms with Crippen LogP contribution in [0.25, 0.3) is 0 Å². The standard InChI is InChI=1S/C12H15Br2NO2/c1-17-11-6-5-9(8-10(11)14)15-12(16)4-2-3-7-13/h5-6,8H,2-4,7H2,1H3,(H,15,16). The van der Waals surface area contributed by atoms with Gasteiger partial charge in [-0.05, 0) is 47.0 Å². The van der Waals surface area contributed by atoms with Crippen LogP contribution in [0.15, 0.2) is 22.7 Å². The van der Waals surface area contributed by atoms with E-state index in [0.29, 0.717) is 6.42 Å². The molecule has 94 valence electrons. The van der Waals surface area contributed by atoms with Gasteiger partial charge < -0.3 is 10.1 Å². The fourth-order valence-corrected chi connectivity index (χ4v) is 2.28. The van der Waals surface area contributed by atoms with Crippen LogP contribution in [0.3, 0.4) is 0 Å². The van der Waals surface area contributed by atoms with Gasteiger partial charge in [-0.2, -0.15) is 0 Å². The van der Waals surface area contributed by atoms with Crippen molar-refractivity contribution in [3.63, 3.8) is 0 Å². The molecule has 1 amide bonds. The van der Waals surface area contributed by atoms with E-state index in [9.17, 15) is 4.79 Å². The predicted octanol–water partition coefficient (Wildman–Crippen LogP) is 3.96. The highest BCUT2D eigenvalue weighted by Crippen LogP contribution is 2.27. The van der Waals surface area contributed by atoms with Crippen LogP contribution in [0.1, 0.15) is 19.3 Å². The minimum atomic E-state index is 0.0445. The first-order valence-electron chi connectivity index (χ1n) is 5.36. The Balaban J connectivity index is 2.51. The van der Waals surface area contributed by atoms with Gasteiger partial charge in [0.15, 0.2) is 0 Å². The summed E-state index contributed by atoms with van der Waals surface area (Å²) in [6.07, 6.45) is 2.46. The molecule has 0 aromatic heterocycles. The predicted molar refractivity (Wildman–Crippen MR) is 77.0 cm³/mol. The number of alkyl halides is 1. The third-order valence-electron chi connectivity index (χ3n) is 2.22. The Labute approximate surface area is 118 Å². The molecule has 0 unspecified atom stereocenters. The molecule has 0 aliphatic rings. The van der Waals surface area contributed by atoms with Crippen LogP contribution in [-0.4, -0.2) is 18.3 Å². The Hall–Kier alpha value is -0.550. The average molecular weight is 365 g/mol. The largest absolute Gasteiger partial charge is 0.496 e. The van der Waals surface area contributed by atoms with Crippen LogP contribution in [0, 0.1) is 0 Å². The Morgan fingerprint density at radius 2 is 2.18 bits per heavy atom. The van der Waals surface area contributed by atoms with E-state index in [0.717, 1.165) is 34.1 Å². The van der Waals surface area contributed by atoms with Gasteiger partial charge >= 0.3 is 0 Å². The highest BCUT2D eigenvalue weighted by atomic mass is 79.9. The lowest BCUT2D eigenvalue weighted by Crippen LogP contribution is -2.11. The Kier molecular flexibility index (Phi) is 6.58. The lowest BCUT2D eigenvalue weighted by atomic mass is 10.2. The second-order valence-corrected chi connectivity index (χ2v) is 5.19. The summed E-state index contributed by atoms with van der Waals surface area (Å²) in [4.78, 5) is 11.6. The molecule has 0 spiro atoms. The Morgan fingerprint density at radius 3 is 2.76 bits per heavy atom. The van der Waals surface area contributed by atoms with Gasteiger partial charge in [0.2, 0.25) is 5.91 Å². The number of benzene rings is 1. The normalized spacial score (nSPS) is 10.1. The first kappa shape index (κ1) is 14.5. The molecule has 0 saturated heterocycles. The molecule has 3 nitrogen and oxygen atoms in total. The molecule has 0 aliphatic heterocycles. The molecule has 1 rings (SSSR count). The summed E-state index contributed by atoms with van der Waals surface area (Å²) >= 11 is 6.72. The van der Waals surface area contributed by atoms with E-state index >= 15 is 0 Å². The number of hydrogen-bond donors (Lipinski definition) is 1. The van der Waals surface area contributed by atoms with Gasteiger partial charge in [-0.3, -0.25) is 4.79 Å². The van der Waals surface area contributed by atoms with Crippen molar-refractivity contribution in [1.82, 2.24) is 0 Å². The van der Waals surface area contributed by atoms with Crippen LogP contribution in [0.4, 0.5) is 5.69 Å². The molecule has 0 saturated carbocycles. The maximum absolute atomic E-state index is 11.6. The van der Waals surface area contributed by atoms with Gasteiger partial charge in [0.1, 0.15) is 5.75 Å². The second-order valence-electron chi connectivity index (χ2n) is 3.54. The molecule has 17 heavy (non-hydrogen) atoms. The van der Waals surface area contributed by atoms with Crippen molar-refractivity contribution < 1.29 is 9.53 Å². The summed E-state index contributed by atoms with van der Waals surface area (Å²) in [7, 11) is 1.61. The maximum Gasteiger partial charge on any atom is 0.224 e. The molecular formula is C12H15Br2NO2. The SMILES string of the molecule is COc1ccc(NC(=O)CCCCBr)cc1Br. The van der Waals surface area contributed by atoms with E-state index in [2.05, 4.69) is 37.2 Å². The first-order chi connectivity index (χ1) is 8.17. The van der Waals surface area contributed by atoms with Crippen LogP contribution in [-0.2, 0) is 4.79 Å². The molecule has 1 aromatic carbocycles. The number of carbonyl (C=O) groups excluding carboxylic acids is 1. The van der Waals surface area contributed by atoms with Crippen LogP contribution in [0.2, 0.25) is 0 Å². The lowest BCUT2D eigenvalue weighted by Gasteiger charge is -2.08. The molecule has 0 bridgehead atoms. The summed E-state index contributed by atoms with van der Waals surface area (Å²) in [5.41, 5.74) is 0.779. The number of anilines is 1. The van der Waals surface area contributed by atoms with Gasteiger partial charge in [0.25, 0.3) is 0 Å². The van der Waals surface area contributed by atoms with Crippen molar-refractivity contribution in [2.24, 2.45) is 0 Å². The van der Waals surface area contributed by atoms with Gasteiger partial charge in [-0.15, -0.1) is 0 Å². The highest BCUT2D eigenvalue weighted by molar-refractivity contribution is 9.10. The van der Waals surface area contributed by atoms with Crippen LogP contribution >= 0.6 is 31.9 Å². The van der Waals surface area contributed by atoms with Gasteiger partial charge in [-0.25, -0.2) is 0 Å². The van der Waals surface area contributed by atoms with Crippen LogP contribution < -0.4 is 10.1 Å². The minimum Gasteiger partial charge on any atom is -0.496 e. The smallest absolute Gasteiger partial charge is 0.224 e. The van der Waals surface area contributed by atoms with E-state index in [-0.39, 0.29) is 5.91 Å². The van der Waals surface area contributed by atoms with E-state index in [1.807, 2.05) is 18.2 Å². The fraction of sp³-hybridized carbons (Fsp3) is 0.417. The van der Waals surface area contributed by atoms with Gasteiger partial charge in [-0.1, -0.05) is 15.9 Å². The number of methoxy groups -OCH3 is 1. The number of unbranched alkanes of at least 4 members (excludes halogenated alkanes) is 1. The van der Waals surface area contributed by atoms with Crippen molar-refractivity contribution in [1.29, 1.82) is 0 Å². The van der Waals surface area contributed by atoms with Crippen molar-refractivity contribution >= 4 is 43.5 Å². The van der Waals surface area contributed by atoms with Crippen molar-refractivity contribution in [3.05, 3.63) is 22.7 Å². The van der Waals surface area contributed by atoms with Crippen molar-refractivity contribution in [2.75, 3.05) is 17.8 Å². The zero-order valence-electron chi connectivity index (χ0n) is 9.63. The number of ether oxygens (including phenoxy) is 1. The Bertz CT molecular complexity index is 383. The number of hydrogen-bond acceptors (Lipinski definition) is 2. The quantitative estimate of drug-likeness (QED) is 0.612. The highest BCUT2D eigenvalue weighted by Gasteiger charge is 2.05. The third kappa shape index (κ3) is 5.08. The van der Waals surface area contributed by atoms with Gasteiger partial charge in [0, 0.05) is 17.4 Å². The number of rotatable bonds is 6. The molecule has 0 fully saturated rings. The molecular weight excluding hydrogens is 350 g/mol. The first-order valence-corrected chi connectivity index (χ1v) is 7.28. The number of nitrogens with one attached hydrogen (secondary N) is 1. The summed E-state index contributed by atoms with van der Waals surface area (Å²) in [5.74, 6) is 0.797. The molecule has 5 heteroatoms. The second kappa shape index (κ2) is 7.71. The summed E-state index contributed by atoms with van der Waals surface area (Å²) in [6, 6.07) is 5.48. The molecule has 1 aromatic rings. The number of amides is 1. The Morgan fingerprint density at radius 1 is 1.41 bits per heavy atom. The molecule has 0 heterocycles. The summed E-state index contributed by atoms with van der Waals surface area (Å²) in [5, 5.41) is 3.79. The van der Waals surface area contributed by atoms with E-state index in [1.165, 1.54) is 0 Å². The summed E-state index contributed by atoms with van der Waals surface area (Å²) in [6.45, 7) is 0. The van der Waals surface area contributed by atoms with E-state index in [4.69, 9.17) is 4.74 Å². The maximum atomic E-state index is 11.6. The molecule has 0 radical (unpaired) electrons. The molecule has 1 N–H and O–H groups in total. The number of carbonyl (C=O) groups is 1. The zero-order valence-corrected chi connectivity index (χ0v) is 12.8. The monoisotopic (exact) mass is 363 g/mol.